The largest absolute Gasteiger partial charge is 0.493 e. The summed E-state index contributed by atoms with van der Waals surface area (Å²) < 4.78 is 10.8. The molecule has 3 aromatic rings. The molecule has 2 fully saturated rings. The number of carbonyl (C=O) groups excluding carboxylic acids is 1. The van der Waals surface area contributed by atoms with Gasteiger partial charge in [0.15, 0.2) is 28.5 Å². The van der Waals surface area contributed by atoms with Crippen LogP contribution in [0.1, 0.15) is 12.8 Å². The van der Waals surface area contributed by atoms with Crippen LogP contribution < -0.4 is 20.1 Å². The fraction of sp³-hybridized carbons (Fsp3) is 0.458. The first kappa shape index (κ1) is 23.0. The number of benzene rings is 1. The number of piperazine rings is 1. The highest BCUT2D eigenvalue weighted by atomic mass is 16.5. The van der Waals surface area contributed by atoms with E-state index in [0.29, 0.717) is 53.8 Å². The van der Waals surface area contributed by atoms with Crippen molar-refractivity contribution in [2.24, 2.45) is 0 Å². The maximum absolute atomic E-state index is 12.5. The van der Waals surface area contributed by atoms with Crippen molar-refractivity contribution in [3.8, 4) is 22.8 Å². The first-order valence-electron chi connectivity index (χ1n) is 11.8. The van der Waals surface area contributed by atoms with Gasteiger partial charge >= 0.3 is 0 Å². The molecule has 0 bridgehead atoms. The zero-order chi connectivity index (χ0) is 24.4. The van der Waals surface area contributed by atoms with E-state index in [1.165, 1.54) is 0 Å². The molecule has 4 heterocycles. The number of rotatable bonds is 6. The summed E-state index contributed by atoms with van der Waals surface area (Å²) in [4.78, 5) is 37.0. The van der Waals surface area contributed by atoms with Crippen molar-refractivity contribution in [2.75, 3.05) is 70.7 Å². The lowest BCUT2D eigenvalue weighted by Crippen LogP contribution is -2.50. The van der Waals surface area contributed by atoms with Gasteiger partial charge in [-0.25, -0.2) is 9.97 Å². The minimum Gasteiger partial charge on any atom is -0.493 e. The van der Waals surface area contributed by atoms with Crippen LogP contribution in [0.25, 0.3) is 22.4 Å². The van der Waals surface area contributed by atoms with E-state index in [1.807, 2.05) is 23.1 Å². The number of methoxy groups -OCH3 is 2. The standard InChI is InChI=1S/C24H30N8O3/c1-34-18-6-5-16(13-19(18)35-2)17-14-26-22-21(27-17)23(29-24(25)28-22)32-11-9-30(10-12-32)15-20(33)31-7-3-4-8-31/h5-6,13-14H,3-4,7-12,15H2,1-2H3,(H2,25,26,28,29). The molecule has 1 amide bonds. The maximum atomic E-state index is 12.5. The van der Waals surface area contributed by atoms with E-state index in [0.717, 1.165) is 44.6 Å². The van der Waals surface area contributed by atoms with Gasteiger partial charge in [-0.3, -0.25) is 9.69 Å². The third-order valence-corrected chi connectivity index (χ3v) is 6.57. The van der Waals surface area contributed by atoms with Gasteiger partial charge in [0.05, 0.1) is 32.7 Å². The number of hydrogen-bond donors (Lipinski definition) is 1. The van der Waals surface area contributed by atoms with E-state index in [2.05, 4.69) is 24.8 Å². The summed E-state index contributed by atoms with van der Waals surface area (Å²) in [6, 6.07) is 5.61. The Morgan fingerprint density at radius 2 is 1.71 bits per heavy atom. The Balaban J connectivity index is 1.38. The third kappa shape index (κ3) is 4.76. The van der Waals surface area contributed by atoms with Gasteiger partial charge in [-0.15, -0.1) is 0 Å². The average Bonchev–Trinajstić information content (AvgIpc) is 3.43. The van der Waals surface area contributed by atoms with Gasteiger partial charge in [-0.05, 0) is 31.0 Å². The molecule has 0 aliphatic carbocycles. The summed E-state index contributed by atoms with van der Waals surface area (Å²) in [5.41, 5.74) is 8.55. The van der Waals surface area contributed by atoms with E-state index in [4.69, 9.17) is 20.2 Å². The van der Waals surface area contributed by atoms with Gasteiger partial charge in [-0.1, -0.05) is 0 Å². The summed E-state index contributed by atoms with van der Waals surface area (Å²) in [6.45, 7) is 5.16. The van der Waals surface area contributed by atoms with E-state index in [1.54, 1.807) is 20.4 Å². The fourth-order valence-electron chi connectivity index (χ4n) is 4.64. The minimum atomic E-state index is 0.160. The smallest absolute Gasteiger partial charge is 0.236 e. The van der Waals surface area contributed by atoms with Crippen molar-refractivity contribution in [3.05, 3.63) is 24.4 Å². The van der Waals surface area contributed by atoms with Crippen molar-refractivity contribution in [1.29, 1.82) is 0 Å². The van der Waals surface area contributed by atoms with Gasteiger partial charge in [0, 0.05) is 44.8 Å². The maximum Gasteiger partial charge on any atom is 0.236 e. The highest BCUT2D eigenvalue weighted by Crippen LogP contribution is 2.32. The Hall–Kier alpha value is -3.73. The van der Waals surface area contributed by atoms with Gasteiger partial charge in [0.25, 0.3) is 0 Å². The number of anilines is 2. The molecule has 11 heteroatoms. The lowest BCUT2D eigenvalue weighted by Gasteiger charge is -2.35. The predicted molar refractivity (Wildman–Crippen MR) is 133 cm³/mol. The van der Waals surface area contributed by atoms with Crippen molar-refractivity contribution in [3.63, 3.8) is 0 Å². The molecule has 1 aromatic carbocycles. The van der Waals surface area contributed by atoms with E-state index in [-0.39, 0.29) is 11.9 Å². The van der Waals surface area contributed by atoms with Crippen LogP contribution in [0.5, 0.6) is 11.5 Å². The number of hydrogen-bond acceptors (Lipinski definition) is 10. The number of fused-ring (bicyclic) bond motifs is 1. The third-order valence-electron chi connectivity index (χ3n) is 6.57. The monoisotopic (exact) mass is 478 g/mol. The lowest BCUT2D eigenvalue weighted by molar-refractivity contribution is -0.131. The minimum absolute atomic E-state index is 0.160. The molecule has 184 valence electrons. The van der Waals surface area contributed by atoms with Crippen molar-refractivity contribution < 1.29 is 14.3 Å². The number of amides is 1. The van der Waals surface area contributed by atoms with Gasteiger partial charge in [0.2, 0.25) is 11.9 Å². The summed E-state index contributed by atoms with van der Waals surface area (Å²) in [7, 11) is 3.20. The fourth-order valence-corrected chi connectivity index (χ4v) is 4.64. The molecular weight excluding hydrogens is 448 g/mol. The van der Waals surface area contributed by atoms with Crippen molar-refractivity contribution >= 4 is 28.8 Å². The normalized spacial score (nSPS) is 16.6. The van der Waals surface area contributed by atoms with E-state index in [9.17, 15) is 4.79 Å². The molecule has 2 N–H and O–H groups in total. The van der Waals surface area contributed by atoms with E-state index >= 15 is 0 Å². The van der Waals surface area contributed by atoms with Crippen LogP contribution in [0.3, 0.4) is 0 Å². The number of carbonyl (C=O) groups is 1. The Morgan fingerprint density at radius 1 is 0.971 bits per heavy atom. The van der Waals surface area contributed by atoms with Gasteiger partial charge < -0.3 is 25.0 Å². The van der Waals surface area contributed by atoms with Crippen molar-refractivity contribution in [1.82, 2.24) is 29.7 Å². The number of nitrogen functional groups attached to an aromatic ring is 1. The van der Waals surface area contributed by atoms with Crippen LogP contribution in [0.2, 0.25) is 0 Å². The van der Waals surface area contributed by atoms with E-state index < -0.39 is 0 Å². The zero-order valence-corrected chi connectivity index (χ0v) is 20.1. The van der Waals surface area contributed by atoms with Gasteiger partial charge in [-0.2, -0.15) is 9.97 Å². The molecule has 2 aliphatic heterocycles. The van der Waals surface area contributed by atoms with Crippen LogP contribution in [0.4, 0.5) is 11.8 Å². The molecule has 35 heavy (non-hydrogen) atoms. The van der Waals surface area contributed by atoms with Crippen LogP contribution in [0, 0.1) is 0 Å². The molecule has 0 unspecified atom stereocenters. The molecule has 0 atom stereocenters. The number of aromatic nitrogens is 4. The molecular formula is C24H30N8O3. The molecule has 0 saturated carbocycles. The average molecular weight is 479 g/mol. The second-order valence-electron chi connectivity index (χ2n) is 8.75. The summed E-state index contributed by atoms with van der Waals surface area (Å²) >= 11 is 0. The quantitative estimate of drug-likeness (QED) is 0.556. The SMILES string of the molecule is COc1ccc(-c2cnc3nc(N)nc(N4CCN(CC(=O)N5CCCC5)CC4)c3n2)cc1OC. The van der Waals surface area contributed by atoms with Crippen LogP contribution in [0.15, 0.2) is 24.4 Å². The number of nitrogens with two attached hydrogens (primary N) is 1. The van der Waals surface area contributed by atoms with Crippen LogP contribution >= 0.6 is 0 Å². The highest BCUT2D eigenvalue weighted by molar-refractivity contribution is 5.86. The Kier molecular flexibility index (Phi) is 6.49. The molecule has 11 nitrogen and oxygen atoms in total. The van der Waals surface area contributed by atoms with Crippen molar-refractivity contribution in [2.45, 2.75) is 12.8 Å². The van der Waals surface area contributed by atoms with Gasteiger partial charge in [0.1, 0.15) is 0 Å². The lowest BCUT2D eigenvalue weighted by atomic mass is 10.1. The Labute approximate surface area is 203 Å². The second kappa shape index (κ2) is 9.87. The molecule has 0 radical (unpaired) electrons. The summed E-state index contributed by atoms with van der Waals surface area (Å²) in [5, 5.41) is 0. The highest BCUT2D eigenvalue weighted by Gasteiger charge is 2.25. The molecule has 2 aliphatic rings. The second-order valence-corrected chi connectivity index (χ2v) is 8.75. The Morgan fingerprint density at radius 3 is 2.43 bits per heavy atom. The summed E-state index contributed by atoms with van der Waals surface area (Å²) in [5.74, 6) is 2.29. The van der Waals surface area contributed by atoms with Crippen LogP contribution in [-0.4, -0.2) is 95.7 Å². The first-order chi connectivity index (χ1) is 17.1. The topological polar surface area (TPSA) is 123 Å². The molecule has 5 rings (SSSR count). The zero-order valence-electron chi connectivity index (χ0n) is 20.1. The predicted octanol–water partition coefficient (Wildman–Crippen LogP) is 1.43. The first-order valence-corrected chi connectivity index (χ1v) is 11.8. The Bertz CT molecular complexity index is 1220. The summed E-state index contributed by atoms with van der Waals surface area (Å²) in [6.07, 6.45) is 3.88. The van der Waals surface area contributed by atoms with Crippen LogP contribution in [-0.2, 0) is 4.79 Å². The molecule has 2 saturated heterocycles. The molecule has 2 aromatic heterocycles. The number of likely N-dealkylation sites (tertiary alicyclic amines) is 1. The molecule has 0 spiro atoms. The number of nitrogens with zero attached hydrogens (tertiary/aromatic N) is 7. The number of ether oxygens (including phenoxy) is 2.